The fraction of sp³-hybridized carbons (Fsp3) is 0.409. The number of hydrogen-bond acceptors (Lipinski definition) is 6. The number of nitrogens with zero attached hydrogens (tertiary/aromatic N) is 4. The van der Waals surface area contributed by atoms with Crippen LogP contribution in [0.15, 0.2) is 30.3 Å². The summed E-state index contributed by atoms with van der Waals surface area (Å²) in [5.74, 6) is 0.478. The molecule has 3 heterocycles. The SMILES string of the molecule is CCOC[C@@H]1COC(=O)N1c1ccc(C(=O)N2CCN(c3nc(Cl)c(Cl)cc3Cl)CC2)cc1. The summed E-state index contributed by atoms with van der Waals surface area (Å²) in [6.45, 7) is 5.28. The Kier molecular flexibility index (Phi) is 7.48. The van der Waals surface area contributed by atoms with E-state index in [2.05, 4.69) is 4.98 Å². The van der Waals surface area contributed by atoms with Gasteiger partial charge in [-0.25, -0.2) is 9.78 Å². The van der Waals surface area contributed by atoms with Gasteiger partial charge < -0.3 is 19.3 Å². The first kappa shape index (κ1) is 23.9. The van der Waals surface area contributed by atoms with Crippen molar-refractivity contribution in [2.24, 2.45) is 0 Å². The highest BCUT2D eigenvalue weighted by Crippen LogP contribution is 2.32. The highest BCUT2D eigenvalue weighted by Gasteiger charge is 2.34. The number of rotatable bonds is 6. The summed E-state index contributed by atoms with van der Waals surface area (Å²) >= 11 is 18.3. The Balaban J connectivity index is 1.39. The Morgan fingerprint density at radius 1 is 1.12 bits per heavy atom. The predicted octanol–water partition coefficient (Wildman–Crippen LogP) is 4.37. The number of pyridine rings is 1. The lowest BCUT2D eigenvalue weighted by molar-refractivity contribution is 0.0746. The van der Waals surface area contributed by atoms with Crippen LogP contribution in [-0.2, 0) is 9.47 Å². The minimum Gasteiger partial charge on any atom is -0.447 e. The number of amides is 2. The minimum atomic E-state index is -0.413. The van der Waals surface area contributed by atoms with Gasteiger partial charge >= 0.3 is 6.09 Å². The van der Waals surface area contributed by atoms with E-state index < -0.39 is 6.09 Å². The van der Waals surface area contributed by atoms with E-state index in [4.69, 9.17) is 44.3 Å². The summed E-state index contributed by atoms with van der Waals surface area (Å²) in [6, 6.07) is 8.36. The first-order chi connectivity index (χ1) is 15.9. The Hall–Kier alpha value is -2.26. The van der Waals surface area contributed by atoms with Crippen LogP contribution < -0.4 is 9.80 Å². The molecule has 0 spiro atoms. The molecular weight excluding hydrogens is 491 g/mol. The van der Waals surface area contributed by atoms with Crippen molar-refractivity contribution in [2.45, 2.75) is 13.0 Å². The third-order valence-electron chi connectivity index (χ3n) is 5.60. The lowest BCUT2D eigenvalue weighted by Crippen LogP contribution is -2.49. The molecule has 1 aromatic carbocycles. The summed E-state index contributed by atoms with van der Waals surface area (Å²) in [5.41, 5.74) is 1.22. The molecular formula is C22H23Cl3N4O4. The molecule has 33 heavy (non-hydrogen) atoms. The van der Waals surface area contributed by atoms with Crippen LogP contribution in [0.1, 0.15) is 17.3 Å². The van der Waals surface area contributed by atoms with Crippen molar-refractivity contribution in [3.63, 3.8) is 0 Å². The molecule has 1 aromatic heterocycles. The molecule has 2 aliphatic heterocycles. The summed E-state index contributed by atoms with van der Waals surface area (Å²) in [5, 5.41) is 0.914. The first-order valence-electron chi connectivity index (χ1n) is 10.6. The number of ether oxygens (including phenoxy) is 2. The second-order valence-electron chi connectivity index (χ2n) is 7.65. The standard InChI is InChI=1S/C22H23Cl3N4O4/c1-2-32-12-16-13-33-22(31)29(16)15-5-3-14(4-6-15)21(30)28-9-7-27(8-10-28)20-18(24)11-17(23)19(25)26-20/h3-6,11,16H,2,7-10,12-13H2,1H3/t16-/m1/s1. The monoisotopic (exact) mass is 512 g/mol. The maximum Gasteiger partial charge on any atom is 0.414 e. The van der Waals surface area contributed by atoms with Gasteiger partial charge in [0.15, 0.2) is 0 Å². The van der Waals surface area contributed by atoms with Gasteiger partial charge in [0.1, 0.15) is 17.6 Å². The first-order valence-corrected chi connectivity index (χ1v) is 11.7. The molecule has 2 amide bonds. The number of halogens is 3. The van der Waals surface area contributed by atoms with Crippen LogP contribution in [0, 0.1) is 0 Å². The minimum absolute atomic E-state index is 0.0794. The van der Waals surface area contributed by atoms with Gasteiger partial charge in [-0.1, -0.05) is 34.8 Å². The van der Waals surface area contributed by atoms with Crippen molar-refractivity contribution < 1.29 is 19.1 Å². The molecule has 0 radical (unpaired) electrons. The third kappa shape index (κ3) is 5.14. The van der Waals surface area contributed by atoms with Gasteiger partial charge in [-0.2, -0.15) is 0 Å². The fourth-order valence-electron chi connectivity index (χ4n) is 3.88. The number of piperazine rings is 1. The zero-order valence-corrected chi connectivity index (χ0v) is 20.2. The molecule has 2 aliphatic rings. The second-order valence-corrected chi connectivity index (χ2v) is 8.83. The van der Waals surface area contributed by atoms with E-state index in [1.165, 1.54) is 0 Å². The topological polar surface area (TPSA) is 75.2 Å². The average molecular weight is 514 g/mol. The van der Waals surface area contributed by atoms with Gasteiger partial charge in [-0.05, 0) is 37.3 Å². The number of aromatic nitrogens is 1. The molecule has 0 unspecified atom stereocenters. The van der Waals surface area contributed by atoms with E-state index in [9.17, 15) is 9.59 Å². The smallest absolute Gasteiger partial charge is 0.414 e. The molecule has 4 rings (SSSR count). The van der Waals surface area contributed by atoms with E-state index >= 15 is 0 Å². The Morgan fingerprint density at radius 2 is 1.82 bits per heavy atom. The van der Waals surface area contributed by atoms with Crippen molar-refractivity contribution in [3.05, 3.63) is 51.1 Å². The van der Waals surface area contributed by atoms with E-state index in [1.807, 2.05) is 11.8 Å². The Morgan fingerprint density at radius 3 is 2.48 bits per heavy atom. The molecule has 2 saturated heterocycles. The van der Waals surface area contributed by atoms with E-state index in [1.54, 1.807) is 40.1 Å². The normalized spacial score (nSPS) is 18.6. The largest absolute Gasteiger partial charge is 0.447 e. The average Bonchev–Trinajstić information content (AvgIpc) is 3.20. The van der Waals surface area contributed by atoms with E-state index in [-0.39, 0.29) is 23.7 Å². The van der Waals surface area contributed by atoms with Crippen molar-refractivity contribution in [1.29, 1.82) is 0 Å². The highest BCUT2D eigenvalue weighted by atomic mass is 35.5. The Labute approximate surface area is 206 Å². The van der Waals surface area contributed by atoms with Crippen molar-refractivity contribution in [2.75, 3.05) is 55.8 Å². The maximum absolute atomic E-state index is 13.0. The van der Waals surface area contributed by atoms with Gasteiger partial charge in [-0.3, -0.25) is 9.69 Å². The molecule has 0 N–H and O–H groups in total. The second kappa shape index (κ2) is 10.3. The molecule has 0 bridgehead atoms. The molecule has 8 nitrogen and oxygen atoms in total. The zero-order valence-electron chi connectivity index (χ0n) is 18.0. The fourth-order valence-corrected chi connectivity index (χ4v) is 4.49. The van der Waals surface area contributed by atoms with E-state index in [0.29, 0.717) is 66.5 Å². The molecule has 1 atom stereocenters. The van der Waals surface area contributed by atoms with Crippen LogP contribution in [0.25, 0.3) is 0 Å². The van der Waals surface area contributed by atoms with Crippen LogP contribution >= 0.6 is 34.8 Å². The summed E-state index contributed by atoms with van der Waals surface area (Å²) in [7, 11) is 0. The molecule has 2 aromatic rings. The lowest BCUT2D eigenvalue weighted by Gasteiger charge is -2.36. The van der Waals surface area contributed by atoms with E-state index in [0.717, 1.165) is 0 Å². The zero-order chi connectivity index (χ0) is 23.5. The van der Waals surface area contributed by atoms with Gasteiger partial charge in [0, 0.05) is 44.0 Å². The highest BCUT2D eigenvalue weighted by molar-refractivity contribution is 6.42. The third-order valence-corrected chi connectivity index (χ3v) is 6.55. The molecule has 11 heteroatoms. The van der Waals surface area contributed by atoms with Crippen molar-refractivity contribution in [3.8, 4) is 0 Å². The van der Waals surface area contributed by atoms with Gasteiger partial charge in [0.2, 0.25) is 0 Å². The maximum atomic E-state index is 13.0. The van der Waals surface area contributed by atoms with Crippen LogP contribution in [0.4, 0.5) is 16.3 Å². The quantitative estimate of drug-likeness (QED) is 0.534. The number of benzene rings is 1. The number of hydrogen-bond donors (Lipinski definition) is 0. The number of anilines is 2. The van der Waals surface area contributed by atoms with Crippen LogP contribution in [0.5, 0.6) is 0 Å². The summed E-state index contributed by atoms with van der Waals surface area (Å²) in [4.78, 5) is 34.8. The van der Waals surface area contributed by atoms with Gasteiger partial charge in [0.05, 0.1) is 22.7 Å². The predicted molar refractivity (Wildman–Crippen MR) is 128 cm³/mol. The van der Waals surface area contributed by atoms with Gasteiger partial charge in [0.25, 0.3) is 5.91 Å². The number of carbonyl (C=O) groups is 2. The molecule has 0 saturated carbocycles. The Bertz CT molecular complexity index is 1030. The molecule has 0 aliphatic carbocycles. The van der Waals surface area contributed by atoms with Crippen LogP contribution in [0.2, 0.25) is 15.2 Å². The van der Waals surface area contributed by atoms with Crippen molar-refractivity contribution in [1.82, 2.24) is 9.88 Å². The summed E-state index contributed by atoms with van der Waals surface area (Å²) in [6.07, 6.45) is -0.413. The number of carbonyl (C=O) groups excluding carboxylic acids is 2. The summed E-state index contributed by atoms with van der Waals surface area (Å²) < 4.78 is 10.6. The van der Waals surface area contributed by atoms with Crippen molar-refractivity contribution >= 4 is 58.3 Å². The molecule has 2 fully saturated rings. The molecule has 176 valence electrons. The lowest BCUT2D eigenvalue weighted by atomic mass is 10.1. The van der Waals surface area contributed by atoms with Crippen LogP contribution in [0.3, 0.4) is 0 Å². The van der Waals surface area contributed by atoms with Crippen LogP contribution in [-0.4, -0.2) is 73.9 Å². The number of cyclic esters (lactones) is 1. The van der Waals surface area contributed by atoms with Gasteiger partial charge in [-0.15, -0.1) is 0 Å².